The second-order valence-corrected chi connectivity index (χ2v) is 17.4. The van der Waals surface area contributed by atoms with Gasteiger partial charge >= 0.3 is 6.09 Å². The second-order valence-electron chi connectivity index (χ2n) is 17.4. The fourth-order valence-electron chi connectivity index (χ4n) is 9.00. The summed E-state index contributed by atoms with van der Waals surface area (Å²) in [7, 11) is 0. The molecule has 2 aromatic carbocycles. The minimum atomic E-state index is -1.61. The number of benzene rings is 2. The van der Waals surface area contributed by atoms with Crippen molar-refractivity contribution in [3.63, 3.8) is 0 Å². The van der Waals surface area contributed by atoms with Gasteiger partial charge in [0.25, 0.3) is 0 Å². The molecule has 0 unspecified atom stereocenters. The van der Waals surface area contributed by atoms with Crippen molar-refractivity contribution in [2.45, 2.75) is 188 Å². The molecule has 18 atom stereocenters. The molecule has 4 fully saturated rings. The Morgan fingerprint density at radius 1 is 0.686 bits per heavy atom. The molecular formula is C43H70N14O12Pd. The van der Waals surface area contributed by atoms with E-state index in [1.807, 2.05) is 74.5 Å². The summed E-state index contributed by atoms with van der Waals surface area (Å²) in [6, 6.07) is 14.0. The first-order valence-corrected chi connectivity index (χ1v) is 22.7. The van der Waals surface area contributed by atoms with Crippen molar-refractivity contribution in [3.8, 4) is 0 Å². The zero-order valence-electron chi connectivity index (χ0n) is 39.1. The SMILES string of the molecule is CC[C@@H]([C@@H]1CC[C@@H](N=[N+]=[N-])[C@@H](O[C@H]2[C@H](O)[C@@H](O)[C@H](N=[N+]=[N-])C[C@@H]2N=[N+]=[N-])O1)N(Cc1ccccc1)C(=O)OCc1ccccc1.CC[C@H](N)[C@@H]1CC[C@@H](N)[C@@H](O[C@H]2[C@H](O)[C@@H](O)[C@H](N)C[C@@H]2N)O1.O.O.[Pd]. The van der Waals surface area contributed by atoms with Crippen LogP contribution in [-0.2, 0) is 57.3 Å². The van der Waals surface area contributed by atoms with E-state index in [1.54, 1.807) is 4.90 Å². The van der Waals surface area contributed by atoms with Crippen LogP contribution >= 0.6 is 0 Å². The van der Waals surface area contributed by atoms with E-state index in [9.17, 15) is 30.8 Å². The van der Waals surface area contributed by atoms with Gasteiger partial charge < -0.3 is 78.0 Å². The van der Waals surface area contributed by atoms with Gasteiger partial charge in [0.05, 0.1) is 60.7 Å². The summed E-state index contributed by atoms with van der Waals surface area (Å²) in [5, 5.41) is 52.6. The largest absolute Gasteiger partial charge is 0.445 e. The van der Waals surface area contributed by atoms with Crippen LogP contribution in [0.3, 0.4) is 0 Å². The quantitative estimate of drug-likeness (QED) is 0.0514. The number of ether oxygens (including phenoxy) is 5. The normalized spacial score (nSPS) is 33.3. The molecule has 6 rings (SSSR count). The van der Waals surface area contributed by atoms with E-state index in [0.29, 0.717) is 25.7 Å². The first-order valence-electron chi connectivity index (χ1n) is 22.7. The maximum atomic E-state index is 13.6. The van der Waals surface area contributed by atoms with E-state index in [1.165, 1.54) is 0 Å². The molecule has 2 aromatic rings. The zero-order chi connectivity index (χ0) is 48.6. The number of carbonyl (C=O) groups excluding carboxylic acids is 1. The van der Waals surface area contributed by atoms with Crippen molar-refractivity contribution in [3.05, 3.63) is 103 Å². The Kier molecular flexibility index (Phi) is 27.0. The summed E-state index contributed by atoms with van der Waals surface area (Å²) >= 11 is 0. The molecule has 1 amide bonds. The minimum absolute atomic E-state index is 0. The molecule has 2 saturated carbocycles. The van der Waals surface area contributed by atoms with Gasteiger partial charge in [0, 0.05) is 59.8 Å². The monoisotopic (exact) mass is 1080 g/mol. The van der Waals surface area contributed by atoms with E-state index in [0.717, 1.165) is 30.4 Å². The number of rotatable bonds is 16. The van der Waals surface area contributed by atoms with E-state index >= 15 is 0 Å². The number of amides is 1. The van der Waals surface area contributed by atoms with Crippen molar-refractivity contribution in [2.75, 3.05) is 0 Å². The van der Waals surface area contributed by atoms with Crippen molar-refractivity contribution < 1.29 is 80.3 Å². The number of hydrogen-bond acceptors (Lipinski definition) is 17. The first kappa shape index (κ1) is 61.9. The second kappa shape index (κ2) is 30.6. The average molecular weight is 1080 g/mol. The fourth-order valence-corrected chi connectivity index (χ4v) is 9.00. The number of aliphatic hydroxyl groups excluding tert-OH is 4. The number of carbonyl (C=O) groups is 1. The summed E-state index contributed by atoms with van der Waals surface area (Å²) in [6.07, 6.45) is -6.73. The predicted molar refractivity (Wildman–Crippen MR) is 250 cm³/mol. The molecule has 26 nitrogen and oxygen atoms in total. The van der Waals surface area contributed by atoms with E-state index in [4.69, 9.17) is 57.7 Å². The smallest absolute Gasteiger partial charge is 0.410 e. The molecule has 0 aromatic heterocycles. The topological polar surface area (TPSA) is 461 Å². The van der Waals surface area contributed by atoms with Gasteiger partial charge in [-0.25, -0.2) is 4.79 Å². The molecule has 4 aliphatic rings. The molecule has 394 valence electrons. The van der Waals surface area contributed by atoms with Gasteiger partial charge in [0.2, 0.25) is 0 Å². The van der Waals surface area contributed by atoms with Gasteiger partial charge in [-0.15, -0.1) is 0 Å². The molecule has 70 heavy (non-hydrogen) atoms. The van der Waals surface area contributed by atoms with Crippen LogP contribution in [0.5, 0.6) is 0 Å². The standard InChI is InChI=1S/C29H36N10O6.C14H30N4O4.2H2O.Pd/c1-2-23(39(16-18-9-5-3-6-10-18)29(42)43-17-19-11-7-4-8-12-19)24-14-13-20(33-36-30)28(44-24)45-27-22(35-38-32)15-21(34-37-31)25(40)26(27)41;1-2-6(15)10-4-3-7(16)14(21-10)22-13-9(18)5-8(17)11(19)12(13)20;;;/h3-12,20-28,40-41H,2,13-17H2,1H3;6-14,19-20H,2-5,15-18H2,1H3;2*1H2;/t20-,21-,22+,23+,24+,25+,26-,27-,28-;6-,7+,8+,9-,10-,11-,12+,13+,14+;;;/m10.../s1. The number of azide groups is 3. The average Bonchev–Trinajstić information content (AvgIpc) is 3.33. The predicted octanol–water partition coefficient (Wildman–Crippen LogP) is 1.73. The van der Waals surface area contributed by atoms with Gasteiger partial charge in [0.15, 0.2) is 12.6 Å². The van der Waals surface area contributed by atoms with Crippen LogP contribution in [0, 0.1) is 0 Å². The van der Waals surface area contributed by atoms with Crippen LogP contribution in [0.2, 0.25) is 0 Å². The van der Waals surface area contributed by atoms with Crippen LogP contribution < -0.4 is 22.9 Å². The van der Waals surface area contributed by atoms with Crippen LogP contribution in [0.1, 0.15) is 76.3 Å². The maximum absolute atomic E-state index is 13.6. The van der Waals surface area contributed by atoms with Crippen molar-refractivity contribution in [1.29, 1.82) is 0 Å². The van der Waals surface area contributed by atoms with Gasteiger partial charge in [-0.05, 0) is 79.1 Å². The van der Waals surface area contributed by atoms with Crippen molar-refractivity contribution in [2.24, 2.45) is 38.3 Å². The minimum Gasteiger partial charge on any atom is -0.445 e. The summed E-state index contributed by atoms with van der Waals surface area (Å²) in [6.45, 7) is 4.24. The van der Waals surface area contributed by atoms with E-state index < -0.39 is 97.7 Å². The van der Waals surface area contributed by atoms with Crippen LogP contribution in [0.25, 0.3) is 31.3 Å². The summed E-state index contributed by atoms with van der Waals surface area (Å²) in [5.41, 5.74) is 52.8. The zero-order valence-corrected chi connectivity index (χ0v) is 40.6. The summed E-state index contributed by atoms with van der Waals surface area (Å²) in [4.78, 5) is 23.7. The van der Waals surface area contributed by atoms with Gasteiger partial charge in [-0.2, -0.15) is 0 Å². The molecule has 2 aliphatic heterocycles. The fraction of sp³-hybridized carbons (Fsp3) is 0.698. The van der Waals surface area contributed by atoms with Crippen molar-refractivity contribution in [1.82, 2.24) is 4.90 Å². The van der Waals surface area contributed by atoms with E-state index in [2.05, 4.69) is 30.1 Å². The van der Waals surface area contributed by atoms with Crippen LogP contribution in [-0.4, -0.2) is 152 Å². The molecule has 27 heteroatoms. The number of nitrogens with two attached hydrogens (primary N) is 4. The van der Waals surface area contributed by atoms with Gasteiger partial charge in [-0.1, -0.05) is 89.9 Å². The van der Waals surface area contributed by atoms with Crippen molar-refractivity contribution >= 4 is 6.09 Å². The Bertz CT molecular complexity index is 2000. The molecular weight excluding hydrogens is 1010 g/mol. The Hall–Kier alpha value is -4.26. The molecule has 2 saturated heterocycles. The Morgan fingerprint density at radius 3 is 1.83 bits per heavy atom. The maximum Gasteiger partial charge on any atom is 0.410 e. The summed E-state index contributed by atoms with van der Waals surface area (Å²) < 4.78 is 29.9. The van der Waals surface area contributed by atoms with Crippen LogP contribution in [0.4, 0.5) is 4.79 Å². The third kappa shape index (κ3) is 16.4. The first-order chi connectivity index (χ1) is 32.2. The Labute approximate surface area is 419 Å². The molecule has 0 spiro atoms. The molecule has 2 heterocycles. The van der Waals surface area contributed by atoms with E-state index in [-0.39, 0.29) is 69.1 Å². The summed E-state index contributed by atoms with van der Waals surface area (Å²) in [5.74, 6) is 0. The number of nitrogens with zero attached hydrogens (tertiary/aromatic N) is 10. The Balaban J connectivity index is 0.000000568. The van der Waals surface area contributed by atoms with Crippen LogP contribution in [0.15, 0.2) is 76.0 Å². The molecule has 16 N–H and O–H groups in total. The third-order valence-corrected chi connectivity index (χ3v) is 12.9. The number of aliphatic hydroxyl groups is 4. The van der Waals surface area contributed by atoms with Gasteiger partial charge in [0.1, 0.15) is 24.9 Å². The Morgan fingerprint density at radius 2 is 1.23 bits per heavy atom. The van der Waals surface area contributed by atoms with Gasteiger partial charge in [-0.3, -0.25) is 4.90 Å². The molecule has 2 aliphatic carbocycles. The molecule has 0 radical (unpaired) electrons. The third-order valence-electron chi connectivity index (χ3n) is 12.9. The number of hydrogen-bond donors (Lipinski definition) is 8. The molecule has 0 bridgehead atoms.